The van der Waals surface area contributed by atoms with Crippen LogP contribution in [0.15, 0.2) is 0 Å². The summed E-state index contributed by atoms with van der Waals surface area (Å²) in [6.45, 7) is 4.13. The van der Waals surface area contributed by atoms with E-state index in [-0.39, 0.29) is 0 Å². The molecule has 3 fully saturated rings. The van der Waals surface area contributed by atoms with Gasteiger partial charge in [0.2, 0.25) is 0 Å². The minimum Gasteiger partial charge on any atom is -0.381 e. The Morgan fingerprint density at radius 2 is 1.89 bits per heavy atom. The molecule has 3 nitrogen and oxygen atoms in total. The first kappa shape index (κ1) is 14.0. The van der Waals surface area contributed by atoms with E-state index in [1.54, 1.807) is 0 Å². The maximum Gasteiger partial charge on any atom is 0.0506 e. The van der Waals surface area contributed by atoms with Gasteiger partial charge >= 0.3 is 0 Å². The van der Waals surface area contributed by atoms with Crippen LogP contribution in [-0.4, -0.2) is 41.5 Å². The van der Waals surface area contributed by atoms with E-state index in [1.807, 2.05) is 0 Å². The van der Waals surface area contributed by atoms with Crippen LogP contribution >= 0.6 is 0 Å². The summed E-state index contributed by atoms with van der Waals surface area (Å²) < 4.78 is 18.1. The summed E-state index contributed by atoms with van der Waals surface area (Å²) >= 11 is 0. The number of hydrogen-bond donors (Lipinski definition) is 1. The van der Waals surface area contributed by atoms with Crippen LogP contribution in [-0.2, 0) is 15.5 Å². The predicted octanol–water partition coefficient (Wildman–Crippen LogP) is 1.94. The van der Waals surface area contributed by atoms with Crippen LogP contribution in [0.25, 0.3) is 0 Å². The second-order valence-corrected chi connectivity index (χ2v) is 8.29. The number of ether oxygens (including phenoxy) is 1. The average Bonchev–Trinajstić information content (AvgIpc) is 2.49. The molecular weight excluding hydrogens is 258 g/mol. The lowest BCUT2D eigenvalue weighted by Crippen LogP contribution is -2.43. The number of nitrogens with one attached hydrogen (secondary N) is 1. The molecule has 110 valence electrons. The Morgan fingerprint density at radius 1 is 1.00 bits per heavy atom. The van der Waals surface area contributed by atoms with Gasteiger partial charge in [-0.1, -0.05) is 6.42 Å². The third kappa shape index (κ3) is 3.40. The Hall–Kier alpha value is 0.0700. The van der Waals surface area contributed by atoms with Crippen molar-refractivity contribution in [3.8, 4) is 0 Å². The lowest BCUT2D eigenvalue weighted by atomic mass is 9.78. The molecule has 0 amide bonds. The summed E-state index contributed by atoms with van der Waals surface area (Å²) in [7, 11) is -0.591. The van der Waals surface area contributed by atoms with Gasteiger partial charge in [-0.2, -0.15) is 0 Å². The van der Waals surface area contributed by atoms with E-state index >= 15 is 0 Å². The molecule has 0 radical (unpaired) electrons. The molecule has 0 aromatic carbocycles. The fraction of sp³-hybridized carbons (Fsp3) is 1.00. The summed E-state index contributed by atoms with van der Waals surface area (Å²) in [5.41, 5.74) is 0. The van der Waals surface area contributed by atoms with Gasteiger partial charge in [0.1, 0.15) is 0 Å². The molecule has 3 aliphatic rings. The zero-order chi connectivity index (χ0) is 13.1. The molecule has 3 saturated heterocycles. The summed E-state index contributed by atoms with van der Waals surface area (Å²) in [5, 5.41) is 3.94. The Bertz CT molecular complexity index is 317. The van der Waals surface area contributed by atoms with Crippen molar-refractivity contribution < 1.29 is 8.95 Å². The smallest absolute Gasteiger partial charge is 0.0506 e. The first-order chi connectivity index (χ1) is 9.34. The van der Waals surface area contributed by atoms with Gasteiger partial charge in [-0.3, -0.25) is 4.21 Å². The van der Waals surface area contributed by atoms with Gasteiger partial charge in [0.05, 0.1) is 6.61 Å². The van der Waals surface area contributed by atoms with Crippen molar-refractivity contribution in [3.63, 3.8) is 0 Å². The Morgan fingerprint density at radius 3 is 2.68 bits per heavy atom. The highest BCUT2D eigenvalue weighted by atomic mass is 32.2. The van der Waals surface area contributed by atoms with Crippen LogP contribution in [0, 0.1) is 17.8 Å². The van der Waals surface area contributed by atoms with Crippen molar-refractivity contribution in [2.75, 3.05) is 32.1 Å². The molecule has 4 heteroatoms. The molecule has 0 aliphatic carbocycles. The monoisotopic (exact) mass is 285 g/mol. The zero-order valence-corrected chi connectivity index (χ0v) is 12.6. The Labute approximate surface area is 119 Å². The van der Waals surface area contributed by atoms with E-state index in [1.165, 1.54) is 32.2 Å². The van der Waals surface area contributed by atoms with E-state index in [4.69, 9.17) is 4.74 Å². The normalized spacial score (nSPS) is 44.9. The topological polar surface area (TPSA) is 38.3 Å². The highest BCUT2D eigenvalue weighted by molar-refractivity contribution is 7.85. The molecule has 3 aliphatic heterocycles. The average molecular weight is 285 g/mol. The van der Waals surface area contributed by atoms with Gasteiger partial charge in [0.15, 0.2) is 0 Å². The maximum absolute atomic E-state index is 12.2. The fourth-order valence-electron chi connectivity index (χ4n) is 4.09. The van der Waals surface area contributed by atoms with Crippen LogP contribution < -0.4 is 5.32 Å². The third-order valence-electron chi connectivity index (χ3n) is 5.22. The van der Waals surface area contributed by atoms with E-state index < -0.39 is 10.8 Å². The minimum atomic E-state index is -0.591. The van der Waals surface area contributed by atoms with E-state index in [0.717, 1.165) is 44.3 Å². The highest BCUT2D eigenvalue weighted by Crippen LogP contribution is 2.35. The van der Waals surface area contributed by atoms with E-state index in [9.17, 15) is 4.21 Å². The van der Waals surface area contributed by atoms with Gasteiger partial charge in [0.25, 0.3) is 0 Å². The van der Waals surface area contributed by atoms with Crippen LogP contribution in [0.5, 0.6) is 0 Å². The lowest BCUT2D eigenvalue weighted by Gasteiger charge is -2.39. The second-order valence-electron chi connectivity index (χ2n) is 6.52. The van der Waals surface area contributed by atoms with Crippen LogP contribution in [0.3, 0.4) is 0 Å². The number of piperidine rings is 1. The highest BCUT2D eigenvalue weighted by Gasteiger charge is 2.36. The molecule has 0 aromatic rings. The number of hydrogen-bond acceptors (Lipinski definition) is 3. The first-order valence-electron chi connectivity index (χ1n) is 8.00. The first-order valence-corrected chi connectivity index (χ1v) is 9.38. The lowest BCUT2D eigenvalue weighted by molar-refractivity contribution is -0.0117. The Kier molecular flexibility index (Phi) is 4.93. The molecule has 0 saturated carbocycles. The Balaban J connectivity index is 1.59. The standard InChI is InChI=1S/C15H27NO2S/c17-19-7-2-1-5-15(19)14-8-13(10-18-11-14)12-4-3-6-16-9-12/h12-16H,1-11H2. The van der Waals surface area contributed by atoms with Crippen LogP contribution in [0.2, 0.25) is 0 Å². The SMILES string of the molecule is O=S1CCCCC1C1COCC(C2CCCNC2)C1. The molecule has 3 rings (SSSR count). The largest absolute Gasteiger partial charge is 0.381 e. The predicted molar refractivity (Wildman–Crippen MR) is 78.7 cm³/mol. The molecular formula is C15H27NO2S. The van der Waals surface area contributed by atoms with E-state index in [2.05, 4.69) is 5.32 Å². The molecule has 3 heterocycles. The van der Waals surface area contributed by atoms with Crippen molar-refractivity contribution in [3.05, 3.63) is 0 Å². The molecule has 5 unspecified atom stereocenters. The van der Waals surface area contributed by atoms with Crippen LogP contribution in [0.1, 0.15) is 38.5 Å². The van der Waals surface area contributed by atoms with Crippen LogP contribution in [0.4, 0.5) is 0 Å². The second kappa shape index (κ2) is 6.68. The minimum absolute atomic E-state index is 0.424. The van der Waals surface area contributed by atoms with Gasteiger partial charge in [-0.25, -0.2) is 0 Å². The molecule has 0 aromatic heterocycles. The summed E-state index contributed by atoms with van der Waals surface area (Å²) in [6, 6.07) is 0. The molecule has 0 bridgehead atoms. The van der Waals surface area contributed by atoms with Crippen molar-refractivity contribution in [1.29, 1.82) is 0 Å². The van der Waals surface area contributed by atoms with Gasteiger partial charge in [-0.05, 0) is 62.9 Å². The van der Waals surface area contributed by atoms with Gasteiger partial charge in [-0.15, -0.1) is 0 Å². The van der Waals surface area contributed by atoms with Crippen molar-refractivity contribution >= 4 is 10.8 Å². The summed E-state index contributed by atoms with van der Waals surface area (Å²) in [5.74, 6) is 2.97. The van der Waals surface area contributed by atoms with Crippen molar-refractivity contribution in [1.82, 2.24) is 5.32 Å². The maximum atomic E-state index is 12.2. The third-order valence-corrected chi connectivity index (χ3v) is 7.21. The zero-order valence-electron chi connectivity index (χ0n) is 11.8. The van der Waals surface area contributed by atoms with Gasteiger partial charge < -0.3 is 10.1 Å². The summed E-state index contributed by atoms with van der Waals surface area (Å²) in [4.78, 5) is 0. The quantitative estimate of drug-likeness (QED) is 0.842. The fourth-order valence-corrected chi connectivity index (χ4v) is 5.93. The number of rotatable bonds is 2. The molecule has 19 heavy (non-hydrogen) atoms. The molecule has 5 atom stereocenters. The van der Waals surface area contributed by atoms with Crippen molar-refractivity contribution in [2.24, 2.45) is 17.8 Å². The van der Waals surface area contributed by atoms with Gasteiger partial charge in [0, 0.05) is 28.4 Å². The summed E-state index contributed by atoms with van der Waals surface area (Å²) in [6.07, 6.45) is 7.50. The molecule has 1 N–H and O–H groups in total. The molecule has 0 spiro atoms. The van der Waals surface area contributed by atoms with E-state index in [0.29, 0.717) is 17.1 Å². The van der Waals surface area contributed by atoms with Crippen molar-refractivity contribution in [2.45, 2.75) is 43.8 Å².